The number of nitrogens with one attached hydrogen (secondary N) is 3. The second-order valence-electron chi connectivity index (χ2n) is 32.6. The molecule has 15 atom stereocenters. The molecule has 4 aliphatic rings. The molecule has 1 aliphatic carbocycles. The number of esters is 1. The van der Waals surface area contributed by atoms with Gasteiger partial charge in [0.15, 0.2) is 17.0 Å². The minimum Gasteiger partial charge on any atom is -0.459 e. The Balaban J connectivity index is 0.610. The van der Waals surface area contributed by atoms with Gasteiger partial charge in [0, 0.05) is 102 Å². The predicted molar refractivity (Wildman–Crippen MR) is 457 cm³/mol. The van der Waals surface area contributed by atoms with Crippen LogP contribution in [0.5, 0.6) is 0 Å². The summed E-state index contributed by atoms with van der Waals surface area (Å²) < 4.78 is 71.9. The molecule has 3 aliphatic heterocycles. The molecule has 12 N–H and O–H groups in total. The number of hydrogen-bond acceptors (Lipinski definition) is 32. The summed E-state index contributed by atoms with van der Waals surface area (Å²) in [6, 6.07) is 3.01. The number of nitrogen functional groups attached to an aromatic ring is 2. The number of aryl methyl sites for hydroxylation is 1. The van der Waals surface area contributed by atoms with E-state index in [0.717, 1.165) is 22.5 Å². The highest BCUT2D eigenvalue weighted by Crippen LogP contribution is 2.40. The van der Waals surface area contributed by atoms with Gasteiger partial charge < -0.3 is 110 Å². The van der Waals surface area contributed by atoms with E-state index in [1.807, 2.05) is 56.4 Å². The van der Waals surface area contributed by atoms with Crippen LogP contribution in [0.4, 0.5) is 16.6 Å². The highest BCUT2D eigenvalue weighted by molar-refractivity contribution is 6.39. The molecular weight excluding hydrogens is 1620 g/mol. The van der Waals surface area contributed by atoms with E-state index >= 15 is 0 Å². The quantitative estimate of drug-likeness (QED) is 0.0100. The van der Waals surface area contributed by atoms with Gasteiger partial charge in [-0.3, -0.25) is 28.8 Å². The number of hydrogen-bond donors (Lipinski definition) is 9. The number of nitrogens with two attached hydrogens (primary N) is 3. The van der Waals surface area contributed by atoms with Crippen LogP contribution in [-0.2, 0) is 98.8 Å². The van der Waals surface area contributed by atoms with Crippen molar-refractivity contribution >= 4 is 81.1 Å². The number of anilines is 2. The molecule has 1 saturated carbocycles. The number of carbonyl (C=O) groups excluding carboxylic acids is 8. The molecule has 9 rings (SSSR count). The van der Waals surface area contributed by atoms with Crippen LogP contribution in [0.25, 0.3) is 33.4 Å². The highest BCUT2D eigenvalue weighted by atomic mass is 16.6. The number of piperidine rings is 1. The average Bonchev–Trinajstić information content (AvgIpc) is 1.76. The summed E-state index contributed by atoms with van der Waals surface area (Å²) in [5, 5.41) is 57.0. The SMILES string of the molecule is CO[C@H]1C[C@@H]2CC[C@@H](C)[C@@](O)(O2)C(=O)C(=O)N2CCCC[C@H]2C(=O)O[C@H]([C@H](N)C[C@@H]2CC[C@H](n3cc(COC(=O)NCCOCCOCCOCCC(=O)NCCOCCOCCOCCC(=O)NCCCCn4nc(-c5ccc6oc(N)nc6c5)c5c(N)ncnc54)nn3)[C@H](OC)C2)CC(=O)[C@H](C)/C=C(\C)[C@@H](O)[C@@H](O)C(=O)[C@H](C)C[C@H](C)/C=C/C=CC=C1C. The molecule has 4 amide bonds. The number of fused-ring (bicyclic) bond motifs is 5. The van der Waals surface area contributed by atoms with Gasteiger partial charge in [-0.1, -0.05) is 69.4 Å². The average molecular weight is 1750 g/mol. The Bertz CT molecular complexity index is 4440. The number of unbranched alkanes of at least 4 members (excludes halogenated alkanes) is 1. The number of aliphatic hydroxyl groups excluding tert-OH is 2. The van der Waals surface area contributed by atoms with E-state index in [2.05, 4.69) is 41.2 Å². The first-order chi connectivity index (χ1) is 60.2. The largest absolute Gasteiger partial charge is 0.459 e. The third-order valence-electron chi connectivity index (χ3n) is 23.1. The number of amides is 4. The van der Waals surface area contributed by atoms with E-state index in [1.165, 1.54) is 19.3 Å². The normalized spacial score (nSPS) is 25.9. The molecule has 0 unspecified atom stereocenters. The number of carbonyl (C=O) groups is 8. The molecule has 1 aromatic carbocycles. The van der Waals surface area contributed by atoms with Crippen molar-refractivity contribution in [2.45, 2.75) is 218 Å². The number of ether oxygens (including phenoxy) is 11. The maximum atomic E-state index is 14.7. The van der Waals surface area contributed by atoms with Gasteiger partial charge in [0.05, 0.1) is 115 Å². The summed E-state index contributed by atoms with van der Waals surface area (Å²) in [6.45, 7) is 15.0. The third-order valence-corrected chi connectivity index (χ3v) is 23.1. The van der Waals surface area contributed by atoms with Crippen molar-refractivity contribution in [1.29, 1.82) is 0 Å². The van der Waals surface area contributed by atoms with E-state index in [0.29, 0.717) is 150 Å². The van der Waals surface area contributed by atoms with Crippen LogP contribution in [0.3, 0.4) is 0 Å². The molecule has 0 radical (unpaired) electrons. The van der Waals surface area contributed by atoms with Gasteiger partial charge in [-0.2, -0.15) is 10.1 Å². The first kappa shape index (κ1) is 99.4. The van der Waals surface area contributed by atoms with Crippen molar-refractivity contribution in [3.63, 3.8) is 0 Å². The number of rotatable bonds is 38. The van der Waals surface area contributed by atoms with Crippen molar-refractivity contribution in [2.24, 2.45) is 35.3 Å². The van der Waals surface area contributed by atoms with E-state index in [9.17, 15) is 53.7 Å². The molecule has 5 aromatic rings. The van der Waals surface area contributed by atoms with E-state index in [-0.39, 0.29) is 139 Å². The summed E-state index contributed by atoms with van der Waals surface area (Å²) in [5.74, 6) is -9.25. The zero-order valence-electron chi connectivity index (χ0n) is 73.2. The zero-order chi connectivity index (χ0) is 90.0. The van der Waals surface area contributed by atoms with E-state index in [4.69, 9.17) is 78.8 Å². The van der Waals surface area contributed by atoms with Gasteiger partial charge in [-0.25, -0.2) is 28.9 Å². The number of alkyl carbamates (subject to hydrolysis) is 1. The van der Waals surface area contributed by atoms with Crippen molar-refractivity contribution in [3.8, 4) is 11.3 Å². The van der Waals surface area contributed by atoms with Crippen molar-refractivity contribution in [2.75, 3.05) is 131 Å². The molecule has 690 valence electrons. The molecule has 3 fully saturated rings. The summed E-state index contributed by atoms with van der Waals surface area (Å²) in [6.07, 6.45) is 12.7. The Kier molecular flexibility index (Phi) is 40.4. The molecule has 125 heavy (non-hydrogen) atoms. The molecule has 2 saturated heterocycles. The lowest BCUT2D eigenvalue weighted by atomic mass is 9.79. The smallest absolute Gasteiger partial charge is 0.407 e. The van der Waals surface area contributed by atoms with Crippen LogP contribution in [0, 0.1) is 29.6 Å². The first-order valence-electron chi connectivity index (χ1n) is 43.5. The maximum absolute atomic E-state index is 14.7. The van der Waals surface area contributed by atoms with E-state index in [1.54, 1.807) is 56.6 Å². The van der Waals surface area contributed by atoms with Gasteiger partial charge in [-0.05, 0) is 132 Å². The summed E-state index contributed by atoms with van der Waals surface area (Å²) in [4.78, 5) is 123. The van der Waals surface area contributed by atoms with Crippen LogP contribution in [0.2, 0.25) is 0 Å². The third kappa shape index (κ3) is 30.1. The lowest BCUT2D eigenvalue weighted by Crippen LogP contribution is -2.61. The van der Waals surface area contributed by atoms with Crippen LogP contribution in [0.15, 0.2) is 82.7 Å². The topological polar surface area (TPSA) is 517 Å². The standard InChI is InChI=1S/C87H129N15O23/c1-54-16-10-9-11-17-55(2)70(114-7)49-63-22-19-59(6)87(113,125-63)80(109)83(110)100-30-14-12-18-67(100)84(111)123-71(50-68(103)56(3)45-58(5)78(107)79(108)77(106)57(4)44-54)64(88)46-60-20-23-66(72(47-60)115-8)102-51-62(97-99-102)52-122-86(112)93-29-35-119-39-43-121-41-37-117-33-26-74(105)92-28-34-118-38-42-120-40-36-116-32-25-73(104)91-27-13-15-31-101-82-75(81(89)94-53-95-82)76(98-101)61-21-24-69-65(48-61)96-85(90)124-69/h9-11,16-17,21,24,45,48,51,53-54,56-57,59-60,63-64,66-67,70-72,78-79,107-108,113H,12-15,18-20,22-23,25-44,46-47,49-50,52,88H2,1-8H3,(H2,90,96)(H,91,104)(H,92,105)(H,93,112)(H2,89,94,95)/b11-9?,16-10+,55-17?,58-45+/t54-,56-,57-,59-,60+,63+,64-,66+,67+,70+,71+,72-,78-,79+,87-/m1/s1. The fourth-order valence-corrected chi connectivity index (χ4v) is 15.9. The van der Waals surface area contributed by atoms with Crippen LogP contribution in [0.1, 0.15) is 156 Å². The fraction of sp³-hybridized carbons (Fsp3) is 0.655. The molecule has 38 nitrogen and oxygen atoms in total. The van der Waals surface area contributed by atoms with Crippen LogP contribution in [-0.4, -0.2) is 281 Å². The number of aliphatic hydroxyl groups is 3. The molecule has 7 heterocycles. The second-order valence-corrected chi connectivity index (χ2v) is 32.6. The maximum Gasteiger partial charge on any atom is 0.407 e. The number of allylic oxidation sites excluding steroid dienone is 6. The Morgan fingerprint density at radius 2 is 1.42 bits per heavy atom. The first-order valence-corrected chi connectivity index (χ1v) is 43.5. The molecule has 0 spiro atoms. The summed E-state index contributed by atoms with van der Waals surface area (Å²) >= 11 is 0. The summed E-state index contributed by atoms with van der Waals surface area (Å²) in [7, 11) is 3.12. The molecule has 2 bridgehead atoms. The Morgan fingerprint density at radius 1 is 0.736 bits per heavy atom. The minimum absolute atomic E-state index is 0.00274. The number of nitrogens with zero attached hydrogens (tertiary/aromatic N) is 9. The number of Topliss-reactive ketones (excluding diaryl/α,β-unsaturated/α-hetero) is 3. The van der Waals surface area contributed by atoms with Gasteiger partial charge in [0.1, 0.15) is 65.8 Å². The van der Waals surface area contributed by atoms with Gasteiger partial charge in [0.2, 0.25) is 17.6 Å². The predicted octanol–water partition coefficient (Wildman–Crippen LogP) is 5.62. The Labute approximate surface area is 728 Å². The van der Waals surface area contributed by atoms with Crippen molar-refractivity contribution < 1.29 is 110 Å². The zero-order valence-corrected chi connectivity index (χ0v) is 73.2. The number of aromatic nitrogens is 8. The van der Waals surface area contributed by atoms with Crippen molar-refractivity contribution in [1.82, 2.24) is 60.6 Å². The highest BCUT2D eigenvalue weighted by Gasteiger charge is 2.53. The van der Waals surface area contributed by atoms with Gasteiger partial charge in [-0.15, -0.1) is 5.10 Å². The number of methoxy groups -OCH3 is 2. The molecule has 38 heteroatoms. The van der Waals surface area contributed by atoms with E-state index < -0.39 is 114 Å². The Morgan fingerprint density at radius 3 is 2.11 bits per heavy atom. The number of oxazole rings is 1. The molecule has 4 aromatic heterocycles. The summed E-state index contributed by atoms with van der Waals surface area (Å²) in [5.41, 5.74) is 23.6. The second kappa shape index (κ2) is 50.8. The minimum atomic E-state index is -2.51. The number of cyclic esters (lactones) is 1. The lowest BCUT2D eigenvalue weighted by molar-refractivity contribution is -0.265. The number of benzene rings is 1. The van der Waals surface area contributed by atoms with Gasteiger partial charge in [0.25, 0.3) is 17.7 Å². The monoisotopic (exact) mass is 1750 g/mol. The van der Waals surface area contributed by atoms with Crippen LogP contribution < -0.4 is 33.2 Å². The number of ketones is 3. The molecular formula is C87H129N15O23. The van der Waals surface area contributed by atoms with Crippen molar-refractivity contribution in [3.05, 3.63) is 84.0 Å². The van der Waals surface area contributed by atoms with Gasteiger partial charge >= 0.3 is 12.1 Å². The lowest BCUT2D eigenvalue weighted by Gasteiger charge is -2.42. The van der Waals surface area contributed by atoms with Crippen LogP contribution >= 0.6 is 0 Å². The Hall–Kier alpha value is -9.42. The fourth-order valence-electron chi connectivity index (χ4n) is 15.9.